The monoisotopic (exact) mass is 229 g/mol. The predicted octanol–water partition coefficient (Wildman–Crippen LogP) is 2.79. The molecule has 1 N–H and O–H groups in total. The Morgan fingerprint density at radius 2 is 1.82 bits per heavy atom. The van der Waals surface area contributed by atoms with E-state index in [2.05, 4.69) is 0 Å². The van der Waals surface area contributed by atoms with E-state index in [1.165, 1.54) is 7.05 Å². The molecule has 2 rings (SSSR count). The second-order valence-electron chi connectivity index (χ2n) is 4.19. The van der Waals surface area contributed by atoms with Crippen molar-refractivity contribution in [1.29, 1.82) is 0 Å². The van der Waals surface area contributed by atoms with E-state index in [-0.39, 0.29) is 11.8 Å². The average Bonchev–Trinajstić information content (AvgIpc) is 2.36. The minimum absolute atomic E-state index is 0.305. The van der Waals surface area contributed by atoms with Crippen LogP contribution in [-0.4, -0.2) is 23.2 Å². The van der Waals surface area contributed by atoms with Crippen molar-refractivity contribution in [2.75, 3.05) is 7.05 Å². The number of hydrogen-bond donors (Lipinski definition) is 1. The van der Waals surface area contributed by atoms with Crippen LogP contribution in [0.1, 0.15) is 18.4 Å². The molecule has 0 unspecified atom stereocenters. The molecular weight excluding hydrogens is 214 g/mol. The highest BCUT2D eigenvalue weighted by Gasteiger charge is 2.18. The average molecular weight is 229 g/mol. The molecule has 0 saturated carbocycles. The largest absolute Gasteiger partial charge is 0.286 e. The number of fused-ring (bicyclic) bond motifs is 1. The second-order valence-corrected chi connectivity index (χ2v) is 4.19. The van der Waals surface area contributed by atoms with Crippen LogP contribution in [0.25, 0.3) is 10.8 Å². The van der Waals surface area contributed by atoms with Crippen LogP contribution in [-0.2, 0) is 4.79 Å². The quantitative estimate of drug-likeness (QED) is 0.635. The first-order valence-electron chi connectivity index (χ1n) is 5.55. The van der Waals surface area contributed by atoms with E-state index < -0.39 is 0 Å². The van der Waals surface area contributed by atoms with E-state index >= 15 is 0 Å². The third kappa shape index (κ3) is 2.29. The van der Waals surface area contributed by atoms with Crippen molar-refractivity contribution in [1.82, 2.24) is 5.06 Å². The zero-order valence-corrected chi connectivity index (χ0v) is 9.92. The van der Waals surface area contributed by atoms with Gasteiger partial charge in [-0.15, -0.1) is 0 Å². The zero-order chi connectivity index (χ0) is 12.4. The Morgan fingerprint density at radius 3 is 2.47 bits per heavy atom. The Labute approximate surface area is 100 Å². The van der Waals surface area contributed by atoms with Crippen LogP contribution in [0.4, 0.5) is 0 Å². The first kappa shape index (κ1) is 11.6. The van der Waals surface area contributed by atoms with Crippen LogP contribution < -0.4 is 0 Å². The van der Waals surface area contributed by atoms with Gasteiger partial charge in [-0.1, -0.05) is 42.5 Å². The number of benzene rings is 2. The van der Waals surface area contributed by atoms with Gasteiger partial charge in [0.25, 0.3) is 5.91 Å². The molecule has 0 heterocycles. The maximum absolute atomic E-state index is 11.7. The summed E-state index contributed by atoms with van der Waals surface area (Å²) in [5.41, 5.74) is 0.912. The predicted molar refractivity (Wildman–Crippen MR) is 66.9 cm³/mol. The van der Waals surface area contributed by atoms with E-state index in [1.54, 1.807) is 6.92 Å². The third-order valence-corrected chi connectivity index (χ3v) is 2.96. The van der Waals surface area contributed by atoms with Crippen LogP contribution >= 0.6 is 0 Å². The smallest absolute Gasteiger partial charge is 0.252 e. The summed E-state index contributed by atoms with van der Waals surface area (Å²) in [6, 6.07) is 13.9. The van der Waals surface area contributed by atoms with Crippen molar-refractivity contribution in [3.63, 3.8) is 0 Å². The molecule has 2 aromatic rings. The molecule has 0 radical (unpaired) electrons. The van der Waals surface area contributed by atoms with E-state index in [0.29, 0.717) is 5.06 Å². The molecular formula is C14H15NO2. The van der Waals surface area contributed by atoms with Gasteiger partial charge >= 0.3 is 0 Å². The molecule has 0 fully saturated rings. The van der Waals surface area contributed by atoms with E-state index in [0.717, 1.165) is 16.3 Å². The van der Waals surface area contributed by atoms with Crippen LogP contribution in [0.3, 0.4) is 0 Å². The first-order valence-corrected chi connectivity index (χ1v) is 5.55. The molecule has 3 nitrogen and oxygen atoms in total. The van der Waals surface area contributed by atoms with Crippen molar-refractivity contribution >= 4 is 16.7 Å². The van der Waals surface area contributed by atoms with Gasteiger partial charge in [0.05, 0.1) is 5.92 Å². The number of hydrogen-bond acceptors (Lipinski definition) is 2. The Bertz CT molecular complexity index is 549. The number of carbonyl (C=O) groups is 1. The fourth-order valence-corrected chi connectivity index (χ4v) is 1.90. The molecule has 0 aliphatic rings. The first-order chi connectivity index (χ1) is 8.09. The number of hydroxylamine groups is 2. The van der Waals surface area contributed by atoms with Crippen molar-refractivity contribution in [2.24, 2.45) is 0 Å². The van der Waals surface area contributed by atoms with Crippen LogP contribution in [0.5, 0.6) is 0 Å². The molecule has 0 aromatic heterocycles. The van der Waals surface area contributed by atoms with Crippen molar-refractivity contribution < 1.29 is 10.0 Å². The normalized spacial score (nSPS) is 12.4. The highest BCUT2D eigenvalue weighted by Crippen LogP contribution is 2.22. The summed E-state index contributed by atoms with van der Waals surface area (Å²) in [6.45, 7) is 1.79. The summed E-state index contributed by atoms with van der Waals surface area (Å²) in [5.74, 6) is -0.644. The highest BCUT2D eigenvalue weighted by atomic mass is 16.5. The van der Waals surface area contributed by atoms with E-state index in [4.69, 9.17) is 5.21 Å². The standard InChI is InChI=1S/C14H15NO2/c1-10(14(16)15(2)17)12-8-7-11-5-3-4-6-13(11)9-12/h3-10,17H,1-2H3/t10-/m1/s1. The van der Waals surface area contributed by atoms with Crippen LogP contribution in [0.2, 0.25) is 0 Å². The van der Waals surface area contributed by atoms with E-state index in [1.807, 2.05) is 42.5 Å². The number of carbonyl (C=O) groups excluding carboxylic acids is 1. The van der Waals surface area contributed by atoms with Gasteiger partial charge in [-0.2, -0.15) is 0 Å². The number of likely N-dealkylation sites (N-methyl/N-ethyl adjacent to an activating group) is 1. The van der Waals surface area contributed by atoms with Gasteiger partial charge in [-0.3, -0.25) is 10.0 Å². The summed E-state index contributed by atoms with van der Waals surface area (Å²) < 4.78 is 0. The van der Waals surface area contributed by atoms with Gasteiger partial charge in [0.15, 0.2) is 0 Å². The molecule has 88 valence electrons. The maximum atomic E-state index is 11.7. The molecule has 0 saturated heterocycles. The minimum atomic E-state index is -0.338. The molecule has 0 aliphatic heterocycles. The number of rotatable bonds is 2. The summed E-state index contributed by atoms with van der Waals surface area (Å²) in [7, 11) is 1.35. The fourth-order valence-electron chi connectivity index (χ4n) is 1.90. The van der Waals surface area contributed by atoms with Crippen molar-refractivity contribution in [2.45, 2.75) is 12.8 Å². The molecule has 1 amide bonds. The molecule has 0 spiro atoms. The number of nitrogens with zero attached hydrogens (tertiary/aromatic N) is 1. The molecule has 17 heavy (non-hydrogen) atoms. The fraction of sp³-hybridized carbons (Fsp3) is 0.214. The summed E-state index contributed by atoms with van der Waals surface area (Å²) in [4.78, 5) is 11.7. The topological polar surface area (TPSA) is 40.5 Å². The lowest BCUT2D eigenvalue weighted by atomic mass is 9.97. The second kappa shape index (κ2) is 4.55. The Morgan fingerprint density at radius 1 is 1.18 bits per heavy atom. The molecule has 3 heteroatoms. The Balaban J connectivity index is 2.39. The zero-order valence-electron chi connectivity index (χ0n) is 9.92. The van der Waals surface area contributed by atoms with Gasteiger partial charge in [0, 0.05) is 7.05 Å². The summed E-state index contributed by atoms with van der Waals surface area (Å²) >= 11 is 0. The lowest BCUT2D eigenvalue weighted by molar-refractivity contribution is -0.160. The molecule has 1 atom stereocenters. The van der Waals surface area contributed by atoms with Gasteiger partial charge < -0.3 is 0 Å². The van der Waals surface area contributed by atoms with Crippen LogP contribution in [0.15, 0.2) is 42.5 Å². The van der Waals surface area contributed by atoms with Gasteiger partial charge in [-0.25, -0.2) is 5.06 Å². The van der Waals surface area contributed by atoms with Gasteiger partial charge in [0.2, 0.25) is 0 Å². The van der Waals surface area contributed by atoms with Gasteiger partial charge in [-0.05, 0) is 23.3 Å². The lowest BCUT2D eigenvalue weighted by Gasteiger charge is -2.15. The molecule has 0 bridgehead atoms. The van der Waals surface area contributed by atoms with Crippen molar-refractivity contribution in [3.05, 3.63) is 48.0 Å². The molecule has 2 aromatic carbocycles. The molecule has 0 aliphatic carbocycles. The summed E-state index contributed by atoms with van der Waals surface area (Å²) in [6.07, 6.45) is 0. The Hall–Kier alpha value is -1.87. The van der Waals surface area contributed by atoms with Crippen molar-refractivity contribution in [3.8, 4) is 0 Å². The number of amides is 1. The Kier molecular flexibility index (Phi) is 3.11. The minimum Gasteiger partial charge on any atom is -0.286 e. The summed E-state index contributed by atoms with van der Waals surface area (Å²) in [5, 5.41) is 12.0. The van der Waals surface area contributed by atoms with Gasteiger partial charge in [0.1, 0.15) is 0 Å². The maximum Gasteiger partial charge on any atom is 0.252 e. The van der Waals surface area contributed by atoms with Crippen LogP contribution in [0, 0.1) is 0 Å². The lowest BCUT2D eigenvalue weighted by Crippen LogP contribution is -2.27. The van der Waals surface area contributed by atoms with E-state index in [9.17, 15) is 4.79 Å². The highest BCUT2D eigenvalue weighted by molar-refractivity contribution is 5.87. The third-order valence-electron chi connectivity index (χ3n) is 2.96. The SMILES string of the molecule is C[C@@H](C(=O)N(C)O)c1ccc2ccccc2c1.